The number of fused-ring (bicyclic) bond motifs is 1. The van der Waals surface area contributed by atoms with Crippen LogP contribution in [0, 0.1) is 0 Å². The third-order valence-corrected chi connectivity index (χ3v) is 8.53. The predicted octanol–water partition coefficient (Wildman–Crippen LogP) is 2.06. The Balaban J connectivity index is 1.72. The zero-order valence-corrected chi connectivity index (χ0v) is 22.2. The maximum Gasteiger partial charge on any atom is 0.167 e. The number of hydrogen-bond donors (Lipinski definition) is 0. The summed E-state index contributed by atoms with van der Waals surface area (Å²) in [5.41, 5.74) is 1.89. The Morgan fingerprint density at radius 3 is 2.42 bits per heavy atom. The monoisotopic (exact) mass is 539 g/mol. The molecule has 3 aromatic heterocycles. The van der Waals surface area contributed by atoms with Crippen LogP contribution >= 0.6 is 11.6 Å². The molecule has 0 radical (unpaired) electrons. The molecule has 2 atom stereocenters. The molecule has 0 aliphatic carbocycles. The molecule has 0 aromatic carbocycles. The normalized spacial score (nSPS) is 15.4. The largest absolute Gasteiger partial charge is 0.382 e. The van der Waals surface area contributed by atoms with Crippen LogP contribution in [0.25, 0.3) is 11.4 Å². The average molecular weight is 540 g/mol. The molecule has 3 aromatic rings. The number of aromatic nitrogens is 7. The van der Waals surface area contributed by atoms with Crippen LogP contribution in [0.5, 0.6) is 0 Å². The standard InChI is InChI=1S/C22H30ClN7O5S/c1-14(20(35-4)21-24-8-15(23)9-25-21)36(31,32)13-19-27-28-22(30(19)16(11-33-2)12-34-3)17-10-26-29-7-5-6-18(17)29/h8-10,14,16,20H,5-7,11-13H2,1-4H3/t14-,20-/m0/s1. The van der Waals surface area contributed by atoms with Crippen molar-refractivity contribution in [1.29, 1.82) is 0 Å². The minimum atomic E-state index is -3.80. The molecule has 0 bridgehead atoms. The van der Waals surface area contributed by atoms with Crippen molar-refractivity contribution in [3.05, 3.63) is 41.0 Å². The highest BCUT2D eigenvalue weighted by molar-refractivity contribution is 7.91. The van der Waals surface area contributed by atoms with Gasteiger partial charge in [0.2, 0.25) is 0 Å². The first-order valence-electron chi connectivity index (χ1n) is 11.5. The van der Waals surface area contributed by atoms with Crippen molar-refractivity contribution in [2.75, 3.05) is 34.5 Å². The summed E-state index contributed by atoms with van der Waals surface area (Å²) < 4.78 is 47.3. The third-order valence-electron chi connectivity index (χ3n) is 6.29. The molecule has 0 spiro atoms. The highest BCUT2D eigenvalue weighted by Crippen LogP contribution is 2.32. The van der Waals surface area contributed by atoms with Crippen LogP contribution in [-0.2, 0) is 42.8 Å². The molecule has 4 heterocycles. The number of halogens is 1. The fourth-order valence-electron chi connectivity index (χ4n) is 4.50. The van der Waals surface area contributed by atoms with Crippen molar-refractivity contribution >= 4 is 21.4 Å². The molecule has 0 amide bonds. The van der Waals surface area contributed by atoms with E-state index in [1.807, 2.05) is 4.68 Å². The van der Waals surface area contributed by atoms with E-state index in [4.69, 9.17) is 25.8 Å². The van der Waals surface area contributed by atoms with Gasteiger partial charge in [0.1, 0.15) is 17.7 Å². The highest BCUT2D eigenvalue weighted by atomic mass is 35.5. The van der Waals surface area contributed by atoms with E-state index in [2.05, 4.69) is 25.3 Å². The van der Waals surface area contributed by atoms with Crippen LogP contribution in [0.1, 0.15) is 42.8 Å². The molecule has 0 saturated carbocycles. The third kappa shape index (κ3) is 5.30. The van der Waals surface area contributed by atoms with Gasteiger partial charge in [-0.15, -0.1) is 10.2 Å². The maximum absolute atomic E-state index is 13.6. The van der Waals surface area contributed by atoms with Gasteiger partial charge in [-0.05, 0) is 19.8 Å². The minimum absolute atomic E-state index is 0.229. The van der Waals surface area contributed by atoms with Crippen LogP contribution in [0.3, 0.4) is 0 Å². The zero-order valence-electron chi connectivity index (χ0n) is 20.7. The van der Waals surface area contributed by atoms with E-state index in [0.717, 1.165) is 30.6 Å². The Morgan fingerprint density at radius 2 is 1.78 bits per heavy atom. The van der Waals surface area contributed by atoms with Gasteiger partial charge < -0.3 is 18.8 Å². The van der Waals surface area contributed by atoms with Crippen molar-refractivity contribution in [2.45, 2.75) is 49.5 Å². The molecule has 0 fully saturated rings. The topological polar surface area (TPSA) is 136 Å². The number of aryl methyl sites for hydroxylation is 1. The van der Waals surface area contributed by atoms with E-state index in [1.165, 1.54) is 19.5 Å². The summed E-state index contributed by atoms with van der Waals surface area (Å²) in [7, 11) is 0.783. The van der Waals surface area contributed by atoms with Crippen LogP contribution in [0.15, 0.2) is 18.6 Å². The molecular formula is C22H30ClN7O5S. The van der Waals surface area contributed by atoms with Crippen LogP contribution in [0.2, 0.25) is 5.02 Å². The van der Waals surface area contributed by atoms with Gasteiger partial charge in [-0.1, -0.05) is 11.6 Å². The lowest BCUT2D eigenvalue weighted by molar-refractivity contribution is 0.0887. The van der Waals surface area contributed by atoms with Gasteiger partial charge in [0, 0.05) is 46.0 Å². The van der Waals surface area contributed by atoms with E-state index >= 15 is 0 Å². The lowest BCUT2D eigenvalue weighted by Crippen LogP contribution is -2.31. The van der Waals surface area contributed by atoms with Gasteiger partial charge in [0.15, 0.2) is 21.5 Å². The molecule has 1 aliphatic rings. The molecule has 14 heteroatoms. The number of hydrogen-bond acceptors (Lipinski definition) is 10. The smallest absolute Gasteiger partial charge is 0.167 e. The Morgan fingerprint density at radius 1 is 1.08 bits per heavy atom. The molecular weight excluding hydrogens is 510 g/mol. The maximum atomic E-state index is 13.6. The lowest BCUT2D eigenvalue weighted by atomic mass is 10.1. The van der Waals surface area contributed by atoms with Crippen molar-refractivity contribution in [3.8, 4) is 11.4 Å². The van der Waals surface area contributed by atoms with E-state index in [-0.39, 0.29) is 36.7 Å². The zero-order chi connectivity index (χ0) is 25.9. The van der Waals surface area contributed by atoms with Crippen molar-refractivity contribution in [2.24, 2.45) is 0 Å². The van der Waals surface area contributed by atoms with Gasteiger partial charge in [0.25, 0.3) is 0 Å². The first kappa shape index (κ1) is 26.6. The fraction of sp³-hybridized carbons (Fsp3) is 0.591. The average Bonchev–Trinajstić information content (AvgIpc) is 3.56. The molecule has 36 heavy (non-hydrogen) atoms. The van der Waals surface area contributed by atoms with E-state index in [9.17, 15) is 8.42 Å². The summed E-state index contributed by atoms with van der Waals surface area (Å²) in [6, 6.07) is -0.347. The van der Waals surface area contributed by atoms with Crippen LogP contribution in [-0.4, -0.2) is 82.7 Å². The van der Waals surface area contributed by atoms with Gasteiger partial charge in [-0.2, -0.15) is 5.10 Å². The van der Waals surface area contributed by atoms with Crippen molar-refractivity contribution < 1.29 is 22.6 Å². The van der Waals surface area contributed by atoms with E-state index in [1.54, 1.807) is 31.9 Å². The highest BCUT2D eigenvalue weighted by Gasteiger charge is 2.36. The summed E-state index contributed by atoms with van der Waals surface area (Å²) >= 11 is 5.89. The van der Waals surface area contributed by atoms with Gasteiger partial charge in [-0.3, -0.25) is 4.68 Å². The molecule has 196 valence electrons. The second-order valence-corrected chi connectivity index (χ2v) is 11.4. The summed E-state index contributed by atoms with van der Waals surface area (Å²) in [6.07, 6.45) is 5.53. The summed E-state index contributed by atoms with van der Waals surface area (Å²) in [6.45, 7) is 2.97. The van der Waals surface area contributed by atoms with Gasteiger partial charge in [-0.25, -0.2) is 18.4 Å². The number of nitrogens with zero attached hydrogens (tertiary/aromatic N) is 7. The number of methoxy groups -OCH3 is 3. The number of sulfone groups is 1. The SMILES string of the molecule is COCC(COC)n1c(CS(=O)(=O)[C@@H](C)[C@H](OC)c2ncc(Cl)cn2)nnc1-c1cnn2c1CCC2. The van der Waals surface area contributed by atoms with E-state index < -0.39 is 21.2 Å². The molecule has 1 aliphatic heterocycles. The van der Waals surface area contributed by atoms with E-state index in [0.29, 0.717) is 10.8 Å². The quantitative estimate of drug-likeness (QED) is 0.336. The number of ether oxygens (including phenoxy) is 3. The minimum Gasteiger partial charge on any atom is -0.382 e. The summed E-state index contributed by atoms with van der Waals surface area (Å²) in [5, 5.41) is 12.6. The van der Waals surface area contributed by atoms with Crippen LogP contribution < -0.4 is 0 Å². The Hall–Kier alpha value is -2.45. The van der Waals surface area contributed by atoms with Crippen LogP contribution in [0.4, 0.5) is 0 Å². The summed E-state index contributed by atoms with van der Waals surface area (Å²) in [4.78, 5) is 8.30. The molecule has 0 saturated heterocycles. The van der Waals surface area contributed by atoms with Gasteiger partial charge in [0.05, 0.1) is 41.3 Å². The lowest BCUT2D eigenvalue weighted by Gasteiger charge is -2.23. The second kappa shape index (κ2) is 11.3. The predicted molar refractivity (Wildman–Crippen MR) is 131 cm³/mol. The molecule has 0 unspecified atom stereocenters. The Kier molecular flexibility index (Phi) is 8.35. The molecule has 0 N–H and O–H groups in total. The second-order valence-electron chi connectivity index (χ2n) is 8.63. The first-order chi connectivity index (χ1) is 17.3. The summed E-state index contributed by atoms with van der Waals surface area (Å²) in [5.74, 6) is 0.676. The molecule has 12 nitrogen and oxygen atoms in total. The Labute approximate surface area is 214 Å². The first-order valence-corrected chi connectivity index (χ1v) is 13.6. The van der Waals surface area contributed by atoms with Crippen molar-refractivity contribution in [3.63, 3.8) is 0 Å². The molecule has 4 rings (SSSR count). The van der Waals surface area contributed by atoms with Crippen molar-refractivity contribution in [1.82, 2.24) is 34.5 Å². The Bertz CT molecular complexity index is 1270. The van der Waals surface area contributed by atoms with Gasteiger partial charge >= 0.3 is 0 Å². The number of rotatable bonds is 12. The fourth-order valence-corrected chi connectivity index (χ4v) is 6.02.